The number of hydrogen-bond acceptors (Lipinski definition) is 2. The fourth-order valence-electron chi connectivity index (χ4n) is 1.37. The Morgan fingerprint density at radius 3 is 2.00 bits per heavy atom. The van der Waals surface area contributed by atoms with Crippen molar-refractivity contribution in [3.8, 4) is 0 Å². The minimum absolute atomic E-state index is 0.0930. The molecule has 0 saturated heterocycles. The van der Waals surface area contributed by atoms with Gasteiger partial charge in [-0.1, -0.05) is 45.4 Å². The first-order valence-corrected chi connectivity index (χ1v) is 6.45. The van der Waals surface area contributed by atoms with E-state index in [0.29, 0.717) is 6.61 Å². The Morgan fingerprint density at radius 1 is 1.00 bits per heavy atom. The van der Waals surface area contributed by atoms with E-state index in [4.69, 9.17) is 4.74 Å². The SMILES string of the molecule is [CH2]CCCCCCCCOC(=O)C(C)(C)C. The molecule has 0 spiro atoms. The van der Waals surface area contributed by atoms with E-state index in [1.807, 2.05) is 20.8 Å². The van der Waals surface area contributed by atoms with E-state index >= 15 is 0 Å². The Hall–Kier alpha value is -0.530. The standard InChI is InChI=1S/C14H27O2/c1-5-6-7-8-9-10-11-12-16-13(15)14(2,3)4/h1,5-12H2,2-4H3. The van der Waals surface area contributed by atoms with E-state index < -0.39 is 0 Å². The van der Waals surface area contributed by atoms with Gasteiger partial charge in [0.05, 0.1) is 12.0 Å². The van der Waals surface area contributed by atoms with Crippen molar-refractivity contribution in [2.24, 2.45) is 5.41 Å². The van der Waals surface area contributed by atoms with Gasteiger partial charge in [0.15, 0.2) is 0 Å². The van der Waals surface area contributed by atoms with Crippen LogP contribution >= 0.6 is 0 Å². The number of ether oxygens (including phenoxy) is 1. The third kappa shape index (κ3) is 8.75. The van der Waals surface area contributed by atoms with Crippen molar-refractivity contribution in [2.75, 3.05) is 6.61 Å². The number of carbonyl (C=O) groups excluding carboxylic acids is 1. The van der Waals surface area contributed by atoms with Crippen LogP contribution in [0, 0.1) is 12.3 Å². The van der Waals surface area contributed by atoms with Gasteiger partial charge in [0.2, 0.25) is 0 Å². The van der Waals surface area contributed by atoms with Crippen molar-refractivity contribution in [1.82, 2.24) is 0 Å². The molecule has 95 valence electrons. The van der Waals surface area contributed by atoms with Crippen LogP contribution < -0.4 is 0 Å². The second-order valence-electron chi connectivity index (χ2n) is 5.36. The lowest BCUT2D eigenvalue weighted by atomic mass is 9.97. The molecule has 0 rings (SSSR count). The lowest BCUT2D eigenvalue weighted by Crippen LogP contribution is -2.23. The Morgan fingerprint density at radius 2 is 1.50 bits per heavy atom. The van der Waals surface area contributed by atoms with E-state index in [0.717, 1.165) is 19.3 Å². The van der Waals surface area contributed by atoms with E-state index in [2.05, 4.69) is 6.92 Å². The van der Waals surface area contributed by atoms with Crippen molar-refractivity contribution in [2.45, 2.75) is 65.7 Å². The minimum atomic E-state index is -0.367. The van der Waals surface area contributed by atoms with Crippen LogP contribution in [0.1, 0.15) is 65.7 Å². The van der Waals surface area contributed by atoms with E-state index in [-0.39, 0.29) is 11.4 Å². The van der Waals surface area contributed by atoms with Crippen LogP contribution in [0.5, 0.6) is 0 Å². The smallest absolute Gasteiger partial charge is 0.311 e. The van der Waals surface area contributed by atoms with Gasteiger partial charge >= 0.3 is 5.97 Å². The van der Waals surface area contributed by atoms with Crippen molar-refractivity contribution < 1.29 is 9.53 Å². The molecule has 0 unspecified atom stereocenters. The molecular formula is C14H27O2. The first-order valence-electron chi connectivity index (χ1n) is 6.45. The zero-order valence-electron chi connectivity index (χ0n) is 11.2. The van der Waals surface area contributed by atoms with Gasteiger partial charge in [0, 0.05) is 0 Å². The molecule has 0 heterocycles. The van der Waals surface area contributed by atoms with Crippen LogP contribution in [-0.4, -0.2) is 12.6 Å². The summed E-state index contributed by atoms with van der Waals surface area (Å²) in [5, 5.41) is 0. The van der Waals surface area contributed by atoms with Crippen molar-refractivity contribution >= 4 is 5.97 Å². The van der Waals surface area contributed by atoms with E-state index in [1.165, 1.54) is 25.7 Å². The molecular weight excluding hydrogens is 200 g/mol. The Bertz CT molecular complexity index is 180. The highest BCUT2D eigenvalue weighted by Gasteiger charge is 2.22. The lowest BCUT2D eigenvalue weighted by molar-refractivity contribution is -0.153. The van der Waals surface area contributed by atoms with Gasteiger partial charge in [0.1, 0.15) is 0 Å². The molecule has 0 aliphatic carbocycles. The summed E-state index contributed by atoms with van der Waals surface area (Å²) in [5.41, 5.74) is -0.367. The highest BCUT2D eigenvalue weighted by atomic mass is 16.5. The van der Waals surface area contributed by atoms with Crippen molar-refractivity contribution in [3.63, 3.8) is 0 Å². The average Bonchev–Trinajstić information content (AvgIpc) is 2.20. The van der Waals surface area contributed by atoms with Crippen LogP contribution in [-0.2, 0) is 9.53 Å². The van der Waals surface area contributed by atoms with Gasteiger partial charge in [-0.25, -0.2) is 0 Å². The van der Waals surface area contributed by atoms with Crippen LogP contribution in [0.25, 0.3) is 0 Å². The van der Waals surface area contributed by atoms with Gasteiger partial charge in [-0.15, -0.1) is 0 Å². The molecule has 0 saturated carbocycles. The van der Waals surface area contributed by atoms with Crippen molar-refractivity contribution in [3.05, 3.63) is 6.92 Å². The van der Waals surface area contributed by atoms with Crippen LogP contribution in [0.2, 0.25) is 0 Å². The summed E-state index contributed by atoms with van der Waals surface area (Å²) < 4.78 is 5.19. The Balaban J connectivity index is 3.25. The van der Waals surface area contributed by atoms with Crippen molar-refractivity contribution in [1.29, 1.82) is 0 Å². The molecule has 0 atom stereocenters. The largest absolute Gasteiger partial charge is 0.465 e. The molecule has 0 aromatic heterocycles. The molecule has 1 radical (unpaired) electrons. The first-order chi connectivity index (χ1) is 7.48. The molecule has 0 fully saturated rings. The van der Waals surface area contributed by atoms with Gasteiger partial charge in [-0.05, 0) is 27.2 Å². The topological polar surface area (TPSA) is 26.3 Å². The van der Waals surface area contributed by atoms with E-state index in [9.17, 15) is 4.79 Å². The molecule has 0 aromatic carbocycles. The number of unbranched alkanes of at least 4 members (excludes halogenated alkanes) is 6. The van der Waals surface area contributed by atoms with Crippen LogP contribution in [0.15, 0.2) is 0 Å². The van der Waals surface area contributed by atoms with Gasteiger partial charge in [-0.2, -0.15) is 0 Å². The predicted molar refractivity (Wildman–Crippen MR) is 68.1 cm³/mol. The number of rotatable bonds is 8. The first kappa shape index (κ1) is 15.5. The van der Waals surface area contributed by atoms with Crippen LogP contribution in [0.3, 0.4) is 0 Å². The fourth-order valence-corrected chi connectivity index (χ4v) is 1.37. The molecule has 2 heteroatoms. The molecule has 0 N–H and O–H groups in total. The maximum absolute atomic E-state index is 11.4. The zero-order valence-corrected chi connectivity index (χ0v) is 11.2. The molecule has 16 heavy (non-hydrogen) atoms. The lowest BCUT2D eigenvalue weighted by Gasteiger charge is -2.16. The predicted octanol–water partition coefficient (Wildman–Crippen LogP) is 4.14. The maximum Gasteiger partial charge on any atom is 0.311 e. The summed E-state index contributed by atoms with van der Waals surface area (Å²) in [6.07, 6.45) is 8.24. The van der Waals surface area contributed by atoms with Gasteiger partial charge < -0.3 is 4.74 Å². The Kier molecular flexibility index (Phi) is 8.32. The number of esters is 1. The average molecular weight is 227 g/mol. The molecule has 0 bridgehead atoms. The molecule has 2 nitrogen and oxygen atoms in total. The maximum atomic E-state index is 11.4. The van der Waals surface area contributed by atoms with Gasteiger partial charge in [-0.3, -0.25) is 4.79 Å². The van der Waals surface area contributed by atoms with E-state index in [1.54, 1.807) is 0 Å². The summed E-state index contributed by atoms with van der Waals surface area (Å²) >= 11 is 0. The third-order valence-electron chi connectivity index (χ3n) is 2.49. The fraction of sp³-hybridized carbons (Fsp3) is 0.857. The monoisotopic (exact) mass is 227 g/mol. The molecule has 0 aliphatic rings. The number of carbonyl (C=O) groups is 1. The summed E-state index contributed by atoms with van der Waals surface area (Å²) in [7, 11) is 0. The molecule has 0 aliphatic heterocycles. The second kappa shape index (κ2) is 8.60. The summed E-state index contributed by atoms with van der Waals surface area (Å²) in [4.78, 5) is 11.4. The number of hydrogen-bond donors (Lipinski definition) is 0. The third-order valence-corrected chi connectivity index (χ3v) is 2.49. The summed E-state index contributed by atoms with van der Waals surface area (Å²) in [6, 6.07) is 0. The second-order valence-corrected chi connectivity index (χ2v) is 5.36. The normalized spacial score (nSPS) is 11.5. The molecule has 0 amide bonds. The molecule has 0 aromatic rings. The van der Waals surface area contributed by atoms with Gasteiger partial charge in [0.25, 0.3) is 0 Å². The summed E-state index contributed by atoms with van der Waals surface area (Å²) in [5.74, 6) is -0.0930. The van der Waals surface area contributed by atoms with Crippen LogP contribution in [0.4, 0.5) is 0 Å². The highest BCUT2D eigenvalue weighted by molar-refractivity contribution is 5.75. The quantitative estimate of drug-likeness (QED) is 0.460. The Labute approximate surface area is 101 Å². The highest BCUT2D eigenvalue weighted by Crippen LogP contribution is 2.15. The zero-order chi connectivity index (χ0) is 12.4. The minimum Gasteiger partial charge on any atom is -0.465 e. The summed E-state index contributed by atoms with van der Waals surface area (Å²) in [6.45, 7) is 10.0.